The monoisotopic (exact) mass is 314 g/mol. The summed E-state index contributed by atoms with van der Waals surface area (Å²) in [5.41, 5.74) is 2.48. The molecule has 94 valence electrons. The first-order valence-corrected chi connectivity index (χ1v) is 6.86. The van der Waals surface area contributed by atoms with Gasteiger partial charge in [-0.05, 0) is 17.7 Å². The molecule has 0 bridgehead atoms. The molecule has 0 N–H and O–H groups in total. The van der Waals surface area contributed by atoms with E-state index in [9.17, 15) is 4.79 Å². The van der Waals surface area contributed by atoms with Gasteiger partial charge in [0.2, 0.25) is 0 Å². The molecule has 0 aliphatic carbocycles. The predicted molar refractivity (Wildman–Crippen MR) is 79.6 cm³/mol. The van der Waals surface area contributed by atoms with Crippen LogP contribution in [-0.2, 0) is 4.79 Å². The van der Waals surface area contributed by atoms with Crippen LogP contribution in [0.5, 0.6) is 0 Å². The molecule has 0 spiro atoms. The number of carbonyl (C=O) groups excluding carboxylic acids is 1. The quantitative estimate of drug-likeness (QED) is 0.783. The maximum Gasteiger partial charge on any atom is 0.267 e. The molecule has 1 aliphatic rings. The summed E-state index contributed by atoms with van der Waals surface area (Å²) >= 11 is 3.42. The number of anilines is 1. The summed E-state index contributed by atoms with van der Waals surface area (Å²) in [4.78, 5) is 11.9. The van der Waals surface area contributed by atoms with E-state index in [1.54, 1.807) is 0 Å². The van der Waals surface area contributed by atoms with Gasteiger partial charge in [0.05, 0.1) is 11.4 Å². The Kier molecular flexibility index (Phi) is 3.17. The largest absolute Gasteiger partial charge is 0.271 e. The highest BCUT2D eigenvalue weighted by Gasteiger charge is 2.35. The van der Waals surface area contributed by atoms with E-state index in [0.29, 0.717) is 0 Å². The Balaban J connectivity index is 2.01. The lowest BCUT2D eigenvalue weighted by Gasteiger charge is -2.11. The number of nitrogens with zero attached hydrogens (tertiary/aromatic N) is 2. The molecule has 0 fully saturated rings. The Morgan fingerprint density at radius 2 is 1.53 bits per heavy atom. The number of benzene rings is 2. The van der Waals surface area contributed by atoms with Crippen molar-refractivity contribution in [1.29, 1.82) is 0 Å². The third-order valence-electron chi connectivity index (χ3n) is 2.94. The highest BCUT2D eigenvalue weighted by atomic mass is 79.9. The highest BCUT2D eigenvalue weighted by molar-refractivity contribution is 9.10. The molecule has 0 aromatic heterocycles. The van der Waals surface area contributed by atoms with E-state index >= 15 is 0 Å². The maximum absolute atomic E-state index is 12.3. The van der Waals surface area contributed by atoms with Crippen molar-refractivity contribution in [2.24, 2.45) is 5.10 Å². The molecule has 1 unspecified atom stereocenters. The second kappa shape index (κ2) is 4.97. The molecule has 2 aromatic rings. The van der Waals surface area contributed by atoms with Crippen molar-refractivity contribution in [2.75, 3.05) is 5.01 Å². The van der Waals surface area contributed by atoms with Crippen LogP contribution in [0.3, 0.4) is 0 Å². The summed E-state index contributed by atoms with van der Waals surface area (Å²) in [7, 11) is 0. The van der Waals surface area contributed by atoms with Gasteiger partial charge in [-0.25, -0.2) is 0 Å². The Bertz CT molecular complexity index is 625. The van der Waals surface area contributed by atoms with Crippen LogP contribution >= 0.6 is 15.9 Å². The van der Waals surface area contributed by atoms with Gasteiger partial charge in [0, 0.05) is 0 Å². The van der Waals surface area contributed by atoms with Gasteiger partial charge in [-0.2, -0.15) is 10.1 Å². The lowest BCUT2D eigenvalue weighted by Crippen LogP contribution is -2.27. The summed E-state index contributed by atoms with van der Waals surface area (Å²) in [6.07, 6.45) is 0. The highest BCUT2D eigenvalue weighted by Crippen LogP contribution is 2.26. The fourth-order valence-corrected chi connectivity index (χ4v) is 2.55. The van der Waals surface area contributed by atoms with Crippen LogP contribution in [0.2, 0.25) is 0 Å². The molecule has 1 aliphatic heterocycles. The van der Waals surface area contributed by atoms with Crippen molar-refractivity contribution in [3.8, 4) is 0 Å². The summed E-state index contributed by atoms with van der Waals surface area (Å²) in [5.74, 6) is -0.0648. The topological polar surface area (TPSA) is 32.7 Å². The Hall–Kier alpha value is -1.94. The van der Waals surface area contributed by atoms with Crippen molar-refractivity contribution in [2.45, 2.75) is 4.83 Å². The van der Waals surface area contributed by atoms with Gasteiger partial charge in [-0.1, -0.05) is 64.5 Å². The van der Waals surface area contributed by atoms with Crippen LogP contribution < -0.4 is 5.01 Å². The first kappa shape index (κ1) is 12.1. The standard InChI is InChI=1S/C15H11BrN2O/c16-13-14(11-7-3-1-4-8-11)17-18(15(13)19)12-9-5-2-6-10-12/h1-10,13H. The summed E-state index contributed by atoms with van der Waals surface area (Å²) in [6, 6.07) is 19.2. The van der Waals surface area contributed by atoms with Crippen molar-refractivity contribution in [3.05, 3.63) is 66.2 Å². The zero-order valence-electron chi connectivity index (χ0n) is 10.0. The zero-order valence-corrected chi connectivity index (χ0v) is 11.6. The summed E-state index contributed by atoms with van der Waals surface area (Å²) in [5, 5.41) is 5.89. The lowest BCUT2D eigenvalue weighted by molar-refractivity contribution is -0.116. The van der Waals surface area contributed by atoms with Gasteiger partial charge in [0.15, 0.2) is 0 Å². The number of hydrogen-bond acceptors (Lipinski definition) is 2. The average Bonchev–Trinajstić information content (AvgIpc) is 2.77. The lowest BCUT2D eigenvalue weighted by atomic mass is 10.1. The Morgan fingerprint density at radius 3 is 2.16 bits per heavy atom. The third kappa shape index (κ3) is 2.19. The fourth-order valence-electron chi connectivity index (χ4n) is 2.00. The minimum Gasteiger partial charge on any atom is -0.271 e. The molecular weight excluding hydrogens is 304 g/mol. The number of amides is 1. The molecular formula is C15H11BrN2O. The van der Waals surface area contributed by atoms with Crippen molar-refractivity contribution in [3.63, 3.8) is 0 Å². The first-order chi connectivity index (χ1) is 9.27. The molecule has 19 heavy (non-hydrogen) atoms. The molecule has 3 nitrogen and oxygen atoms in total. The predicted octanol–water partition coefficient (Wildman–Crippen LogP) is 3.20. The zero-order chi connectivity index (χ0) is 13.2. The second-order valence-corrected chi connectivity index (χ2v) is 5.12. The number of alkyl halides is 1. The van der Waals surface area contributed by atoms with E-state index in [-0.39, 0.29) is 5.91 Å². The van der Waals surface area contributed by atoms with E-state index in [1.165, 1.54) is 5.01 Å². The van der Waals surface area contributed by atoms with Gasteiger partial charge in [0.25, 0.3) is 5.91 Å². The van der Waals surface area contributed by atoms with Crippen LogP contribution in [0.4, 0.5) is 5.69 Å². The molecule has 1 amide bonds. The van der Waals surface area contributed by atoms with Crippen LogP contribution in [0.15, 0.2) is 65.8 Å². The second-order valence-electron chi connectivity index (χ2n) is 4.20. The molecule has 1 atom stereocenters. The van der Waals surface area contributed by atoms with Gasteiger partial charge in [0.1, 0.15) is 4.83 Å². The van der Waals surface area contributed by atoms with Gasteiger partial charge >= 0.3 is 0 Å². The van der Waals surface area contributed by atoms with Gasteiger partial charge in [-0.3, -0.25) is 4.79 Å². The Labute approximate surface area is 119 Å². The number of para-hydroxylation sites is 1. The summed E-state index contributed by atoms with van der Waals surface area (Å²) in [6.45, 7) is 0. The number of hydrazone groups is 1. The van der Waals surface area contributed by atoms with Crippen LogP contribution in [0, 0.1) is 0 Å². The number of halogens is 1. The minimum atomic E-state index is -0.393. The number of hydrogen-bond donors (Lipinski definition) is 0. The van der Waals surface area contributed by atoms with E-state index in [0.717, 1.165) is 17.0 Å². The number of rotatable bonds is 2. The molecule has 0 saturated carbocycles. The number of carbonyl (C=O) groups is 1. The van der Waals surface area contributed by atoms with Crippen molar-refractivity contribution in [1.82, 2.24) is 0 Å². The first-order valence-electron chi connectivity index (χ1n) is 5.94. The SMILES string of the molecule is O=C1C(Br)C(c2ccccc2)=NN1c1ccccc1. The summed E-state index contributed by atoms with van der Waals surface area (Å²) < 4.78 is 0. The van der Waals surface area contributed by atoms with E-state index in [2.05, 4.69) is 21.0 Å². The molecule has 0 saturated heterocycles. The van der Waals surface area contributed by atoms with Crippen LogP contribution in [-0.4, -0.2) is 16.4 Å². The van der Waals surface area contributed by atoms with Gasteiger partial charge in [-0.15, -0.1) is 0 Å². The van der Waals surface area contributed by atoms with E-state index < -0.39 is 4.83 Å². The van der Waals surface area contributed by atoms with E-state index in [4.69, 9.17) is 0 Å². The Morgan fingerprint density at radius 1 is 0.947 bits per heavy atom. The molecule has 0 radical (unpaired) electrons. The normalized spacial score (nSPS) is 18.6. The third-order valence-corrected chi connectivity index (χ3v) is 3.77. The van der Waals surface area contributed by atoms with Crippen molar-refractivity contribution >= 4 is 33.2 Å². The smallest absolute Gasteiger partial charge is 0.267 e. The molecule has 4 heteroatoms. The average molecular weight is 315 g/mol. The van der Waals surface area contributed by atoms with Crippen LogP contribution in [0.25, 0.3) is 0 Å². The van der Waals surface area contributed by atoms with Gasteiger partial charge < -0.3 is 0 Å². The minimum absolute atomic E-state index is 0.0648. The molecule has 3 rings (SSSR count). The van der Waals surface area contributed by atoms with Crippen molar-refractivity contribution < 1.29 is 4.79 Å². The van der Waals surface area contributed by atoms with E-state index in [1.807, 2.05) is 60.7 Å². The fraction of sp³-hybridized carbons (Fsp3) is 0.0667. The maximum atomic E-state index is 12.3. The molecule has 2 aromatic carbocycles. The molecule has 1 heterocycles. The van der Waals surface area contributed by atoms with Crippen LogP contribution in [0.1, 0.15) is 5.56 Å².